The molecule has 0 saturated carbocycles. The maximum Gasteiger partial charge on any atom is 0.294 e. The number of hydrogen-bond donors (Lipinski definition) is 1. The Morgan fingerprint density at radius 2 is 2.13 bits per heavy atom. The van der Waals surface area contributed by atoms with Gasteiger partial charge in [0.1, 0.15) is 0 Å². The van der Waals surface area contributed by atoms with Crippen molar-refractivity contribution in [1.82, 2.24) is 0 Å². The minimum absolute atomic E-state index is 0.0525. The maximum absolute atomic E-state index is 11.0. The van der Waals surface area contributed by atoms with Crippen LogP contribution in [0.4, 0.5) is 0 Å². The van der Waals surface area contributed by atoms with E-state index in [9.17, 15) is 8.42 Å². The van der Waals surface area contributed by atoms with Gasteiger partial charge in [-0.1, -0.05) is 17.7 Å². The lowest BCUT2D eigenvalue weighted by Crippen LogP contribution is -2.03. The predicted molar refractivity (Wildman–Crippen MR) is 58.1 cm³/mol. The number of terminal acetylenes is 1. The zero-order valence-corrected chi connectivity index (χ0v) is 9.21. The van der Waals surface area contributed by atoms with Crippen LogP contribution in [0, 0.1) is 19.3 Å². The van der Waals surface area contributed by atoms with Crippen LogP contribution in [-0.2, 0) is 16.5 Å². The van der Waals surface area contributed by atoms with Crippen molar-refractivity contribution in [2.24, 2.45) is 0 Å². The first kappa shape index (κ1) is 11.8. The monoisotopic (exact) mass is 224 g/mol. The molecule has 1 N–H and O–H groups in total. The van der Waals surface area contributed by atoms with E-state index in [0.717, 1.165) is 5.56 Å². The van der Waals surface area contributed by atoms with Gasteiger partial charge in [-0.15, -0.1) is 12.3 Å². The van der Waals surface area contributed by atoms with Gasteiger partial charge in [0.2, 0.25) is 0 Å². The molecule has 3 nitrogen and oxygen atoms in total. The molecule has 0 amide bonds. The van der Waals surface area contributed by atoms with E-state index in [1.165, 1.54) is 6.07 Å². The average molecular weight is 224 g/mol. The van der Waals surface area contributed by atoms with Crippen molar-refractivity contribution >= 4 is 10.1 Å². The van der Waals surface area contributed by atoms with Gasteiger partial charge in [0.15, 0.2) is 0 Å². The normalized spacial score (nSPS) is 11.0. The summed E-state index contributed by atoms with van der Waals surface area (Å²) in [4.78, 5) is -0.0525. The van der Waals surface area contributed by atoms with Crippen LogP contribution in [-0.4, -0.2) is 13.0 Å². The fourth-order valence-electron chi connectivity index (χ4n) is 1.36. The van der Waals surface area contributed by atoms with Crippen molar-refractivity contribution in [3.63, 3.8) is 0 Å². The molecule has 0 unspecified atom stereocenters. The fourth-order valence-corrected chi connectivity index (χ4v) is 2.09. The Labute approximate surface area is 89.9 Å². The first-order valence-electron chi connectivity index (χ1n) is 4.45. The summed E-state index contributed by atoms with van der Waals surface area (Å²) in [5.41, 5.74) is 1.50. The molecule has 0 saturated heterocycles. The van der Waals surface area contributed by atoms with E-state index < -0.39 is 10.1 Å². The molecule has 0 aliphatic carbocycles. The van der Waals surface area contributed by atoms with E-state index in [-0.39, 0.29) is 4.90 Å². The first-order valence-corrected chi connectivity index (χ1v) is 5.89. The van der Waals surface area contributed by atoms with E-state index in [4.69, 9.17) is 11.0 Å². The van der Waals surface area contributed by atoms with Crippen LogP contribution in [0.15, 0.2) is 23.1 Å². The molecule has 0 aromatic heterocycles. The van der Waals surface area contributed by atoms with Crippen LogP contribution in [0.3, 0.4) is 0 Å². The summed E-state index contributed by atoms with van der Waals surface area (Å²) in [5.74, 6) is 2.44. The van der Waals surface area contributed by atoms with E-state index >= 15 is 0 Å². The van der Waals surface area contributed by atoms with Crippen LogP contribution in [0.25, 0.3) is 0 Å². The smallest absolute Gasteiger partial charge is 0.282 e. The summed E-state index contributed by atoms with van der Waals surface area (Å²) in [7, 11) is -4.15. The molecule has 1 rings (SSSR count). The van der Waals surface area contributed by atoms with Crippen molar-refractivity contribution < 1.29 is 13.0 Å². The average Bonchev–Trinajstić information content (AvgIpc) is 2.12. The standard InChI is InChI=1S/C11H12O3S/c1-3-4-5-10-8-9(2)6-7-11(10)15(12,13)14/h1,6-8H,4-5H2,2H3,(H,12,13,14). The van der Waals surface area contributed by atoms with Crippen molar-refractivity contribution in [3.05, 3.63) is 29.3 Å². The molecule has 1 aromatic rings. The Bertz CT molecular complexity index is 495. The highest BCUT2D eigenvalue weighted by Crippen LogP contribution is 2.18. The number of hydrogen-bond acceptors (Lipinski definition) is 2. The third-order valence-electron chi connectivity index (χ3n) is 2.03. The van der Waals surface area contributed by atoms with E-state index in [0.29, 0.717) is 18.4 Å². The summed E-state index contributed by atoms with van der Waals surface area (Å²) in [6.07, 6.45) is 6.01. The molecule has 15 heavy (non-hydrogen) atoms. The summed E-state index contributed by atoms with van der Waals surface area (Å²) >= 11 is 0. The molecule has 0 aliphatic heterocycles. The lowest BCUT2D eigenvalue weighted by atomic mass is 10.1. The lowest BCUT2D eigenvalue weighted by molar-refractivity contribution is 0.482. The molecule has 0 fully saturated rings. The Kier molecular flexibility index (Phi) is 3.51. The highest BCUT2D eigenvalue weighted by Gasteiger charge is 2.14. The summed E-state index contributed by atoms with van der Waals surface area (Å²) < 4.78 is 31.0. The summed E-state index contributed by atoms with van der Waals surface area (Å²) in [5, 5.41) is 0. The molecular weight excluding hydrogens is 212 g/mol. The van der Waals surface area contributed by atoms with Crippen LogP contribution in [0.1, 0.15) is 17.5 Å². The van der Waals surface area contributed by atoms with Crippen LogP contribution in [0.5, 0.6) is 0 Å². The minimum Gasteiger partial charge on any atom is -0.282 e. The molecule has 4 heteroatoms. The van der Waals surface area contributed by atoms with Crippen LogP contribution >= 0.6 is 0 Å². The lowest BCUT2D eigenvalue weighted by Gasteiger charge is -2.06. The quantitative estimate of drug-likeness (QED) is 0.629. The predicted octanol–water partition coefficient (Wildman–Crippen LogP) is 1.81. The van der Waals surface area contributed by atoms with E-state index in [1.54, 1.807) is 12.1 Å². The van der Waals surface area contributed by atoms with Crippen LogP contribution in [0.2, 0.25) is 0 Å². The third kappa shape index (κ3) is 3.08. The fraction of sp³-hybridized carbons (Fsp3) is 0.273. The maximum atomic E-state index is 11.0. The molecule has 0 radical (unpaired) electrons. The number of aryl methyl sites for hydroxylation is 2. The summed E-state index contributed by atoms with van der Waals surface area (Å²) in [6.45, 7) is 1.85. The minimum atomic E-state index is -4.15. The summed E-state index contributed by atoms with van der Waals surface area (Å²) in [6, 6.07) is 4.76. The molecule has 1 aromatic carbocycles. The molecule has 0 spiro atoms. The van der Waals surface area contributed by atoms with Gasteiger partial charge in [-0.2, -0.15) is 8.42 Å². The van der Waals surface area contributed by atoms with Gasteiger partial charge in [0.25, 0.3) is 10.1 Å². The number of rotatable bonds is 3. The van der Waals surface area contributed by atoms with Gasteiger partial charge in [-0.25, -0.2) is 0 Å². The van der Waals surface area contributed by atoms with Crippen LogP contribution < -0.4 is 0 Å². The van der Waals surface area contributed by atoms with Gasteiger partial charge in [-0.3, -0.25) is 4.55 Å². The second kappa shape index (κ2) is 4.47. The van der Waals surface area contributed by atoms with Gasteiger partial charge in [-0.05, 0) is 25.0 Å². The van der Waals surface area contributed by atoms with Crippen molar-refractivity contribution in [2.45, 2.75) is 24.7 Å². The zero-order valence-electron chi connectivity index (χ0n) is 8.40. The molecule has 0 atom stereocenters. The SMILES string of the molecule is C#CCCc1cc(C)ccc1S(=O)(=O)O. The third-order valence-corrected chi connectivity index (χ3v) is 2.99. The number of benzene rings is 1. The van der Waals surface area contributed by atoms with Crippen molar-refractivity contribution in [1.29, 1.82) is 0 Å². The topological polar surface area (TPSA) is 54.4 Å². The van der Waals surface area contributed by atoms with E-state index in [1.807, 2.05) is 6.92 Å². The van der Waals surface area contributed by atoms with Crippen molar-refractivity contribution in [2.75, 3.05) is 0 Å². The molecule has 80 valence electrons. The highest BCUT2D eigenvalue weighted by atomic mass is 32.2. The Morgan fingerprint density at radius 3 is 2.67 bits per heavy atom. The van der Waals surface area contributed by atoms with Gasteiger partial charge >= 0.3 is 0 Å². The molecular formula is C11H12O3S. The Balaban J connectivity index is 3.22. The molecule has 0 heterocycles. The largest absolute Gasteiger partial charge is 0.294 e. The highest BCUT2D eigenvalue weighted by molar-refractivity contribution is 7.85. The van der Waals surface area contributed by atoms with Gasteiger partial charge < -0.3 is 0 Å². The Morgan fingerprint density at radius 1 is 1.47 bits per heavy atom. The zero-order chi connectivity index (χ0) is 11.5. The molecule has 0 aliphatic rings. The second-order valence-corrected chi connectivity index (χ2v) is 4.68. The van der Waals surface area contributed by atoms with Gasteiger partial charge in [0, 0.05) is 6.42 Å². The van der Waals surface area contributed by atoms with Gasteiger partial charge in [0.05, 0.1) is 4.90 Å². The second-order valence-electron chi connectivity index (χ2n) is 3.29. The molecule has 0 bridgehead atoms. The first-order chi connectivity index (χ1) is 6.95. The Hall–Kier alpha value is -1.31. The van der Waals surface area contributed by atoms with E-state index in [2.05, 4.69) is 5.92 Å². The van der Waals surface area contributed by atoms with Crippen molar-refractivity contribution in [3.8, 4) is 12.3 Å².